The third-order valence-electron chi connectivity index (χ3n) is 2.88. The number of amides is 1. The summed E-state index contributed by atoms with van der Waals surface area (Å²) < 4.78 is 0. The van der Waals surface area contributed by atoms with Crippen molar-refractivity contribution in [2.24, 2.45) is 0 Å². The van der Waals surface area contributed by atoms with Crippen molar-refractivity contribution in [2.75, 3.05) is 5.32 Å². The van der Waals surface area contributed by atoms with E-state index in [1.54, 1.807) is 31.2 Å². The highest BCUT2D eigenvalue weighted by atomic mass is 16.4. The quantitative estimate of drug-likeness (QED) is 0.726. The van der Waals surface area contributed by atoms with Gasteiger partial charge in [-0.2, -0.15) is 0 Å². The molecule has 1 aromatic rings. The van der Waals surface area contributed by atoms with E-state index in [4.69, 9.17) is 5.11 Å². The molecule has 1 amide bonds. The maximum absolute atomic E-state index is 11.9. The number of para-hydroxylation sites is 1. The fourth-order valence-electron chi connectivity index (χ4n) is 1.52. The Labute approximate surface area is 111 Å². The predicted molar refractivity (Wildman–Crippen MR) is 71.7 cm³/mol. The molecule has 1 aromatic carbocycles. The molecule has 1 atom stereocenters. The lowest BCUT2D eigenvalue weighted by Gasteiger charge is -2.13. The van der Waals surface area contributed by atoms with Gasteiger partial charge < -0.3 is 15.5 Å². The minimum Gasteiger partial charge on any atom is -0.478 e. The molecule has 0 saturated carbocycles. The van der Waals surface area contributed by atoms with E-state index in [9.17, 15) is 14.7 Å². The van der Waals surface area contributed by atoms with Gasteiger partial charge in [-0.05, 0) is 26.8 Å². The Bertz CT molecular complexity index is 532. The van der Waals surface area contributed by atoms with E-state index >= 15 is 0 Å². The molecule has 5 heteroatoms. The number of carbonyl (C=O) groups is 2. The topological polar surface area (TPSA) is 86.6 Å². The van der Waals surface area contributed by atoms with Crippen molar-refractivity contribution in [3.05, 3.63) is 41.0 Å². The van der Waals surface area contributed by atoms with Gasteiger partial charge in [0.25, 0.3) is 5.91 Å². The number of aliphatic hydroxyl groups excluding tert-OH is 1. The van der Waals surface area contributed by atoms with Crippen LogP contribution in [-0.2, 0) is 9.59 Å². The van der Waals surface area contributed by atoms with Gasteiger partial charge in [-0.1, -0.05) is 18.2 Å². The van der Waals surface area contributed by atoms with Gasteiger partial charge in [0, 0.05) is 22.4 Å². The Kier molecular flexibility index (Phi) is 4.83. The van der Waals surface area contributed by atoms with Gasteiger partial charge in [-0.3, -0.25) is 4.79 Å². The number of carboxylic acids is 1. The van der Waals surface area contributed by atoms with Crippen LogP contribution in [0.1, 0.15) is 32.4 Å². The van der Waals surface area contributed by atoms with Crippen LogP contribution >= 0.6 is 0 Å². The first-order valence-electron chi connectivity index (χ1n) is 5.83. The predicted octanol–water partition coefficient (Wildman–Crippen LogP) is 2.10. The van der Waals surface area contributed by atoms with E-state index < -0.39 is 18.0 Å². The molecule has 0 aromatic heterocycles. The summed E-state index contributed by atoms with van der Waals surface area (Å²) in [6.07, 6.45) is -0.721. The summed E-state index contributed by atoms with van der Waals surface area (Å²) in [4.78, 5) is 22.7. The number of carbonyl (C=O) groups excluding carboxylic acids is 1. The van der Waals surface area contributed by atoms with Gasteiger partial charge in [0.1, 0.15) is 0 Å². The molecule has 0 saturated heterocycles. The molecule has 3 N–H and O–H groups in total. The molecule has 19 heavy (non-hydrogen) atoms. The molecule has 0 bridgehead atoms. The van der Waals surface area contributed by atoms with E-state index in [1.165, 1.54) is 13.8 Å². The Morgan fingerprint density at radius 2 is 1.74 bits per heavy atom. The number of aliphatic hydroxyl groups is 1. The summed E-state index contributed by atoms with van der Waals surface area (Å²) in [7, 11) is 0. The second-order valence-electron chi connectivity index (χ2n) is 4.27. The van der Waals surface area contributed by atoms with Crippen LogP contribution in [0.3, 0.4) is 0 Å². The Hall–Kier alpha value is -2.14. The van der Waals surface area contributed by atoms with Crippen LogP contribution in [0, 0.1) is 0 Å². The van der Waals surface area contributed by atoms with Crippen LogP contribution in [0.15, 0.2) is 35.4 Å². The van der Waals surface area contributed by atoms with Crippen molar-refractivity contribution in [3.8, 4) is 0 Å². The molecular formula is C14H17NO4. The number of nitrogens with one attached hydrogen (secondary N) is 1. The van der Waals surface area contributed by atoms with Crippen LogP contribution < -0.4 is 5.32 Å². The highest BCUT2D eigenvalue weighted by Crippen LogP contribution is 2.22. The van der Waals surface area contributed by atoms with E-state index in [1.807, 2.05) is 0 Å². The van der Waals surface area contributed by atoms with Crippen LogP contribution in [0.4, 0.5) is 5.69 Å². The number of hydrogen-bond donors (Lipinski definition) is 3. The van der Waals surface area contributed by atoms with Crippen molar-refractivity contribution >= 4 is 17.6 Å². The molecule has 0 aliphatic carbocycles. The van der Waals surface area contributed by atoms with Gasteiger partial charge in [0.2, 0.25) is 0 Å². The Morgan fingerprint density at radius 1 is 1.16 bits per heavy atom. The molecule has 0 aliphatic rings. The second kappa shape index (κ2) is 6.15. The summed E-state index contributed by atoms with van der Waals surface area (Å²) in [5.74, 6) is -1.62. The fraction of sp³-hybridized carbons (Fsp3) is 0.286. The van der Waals surface area contributed by atoms with Crippen molar-refractivity contribution < 1.29 is 19.8 Å². The average molecular weight is 263 g/mol. The Balaban J connectivity index is 3.01. The van der Waals surface area contributed by atoms with Crippen molar-refractivity contribution in [1.29, 1.82) is 0 Å². The molecule has 0 heterocycles. The normalized spacial score (nSPS) is 13.5. The van der Waals surface area contributed by atoms with Crippen LogP contribution in [0.25, 0.3) is 0 Å². The van der Waals surface area contributed by atoms with Gasteiger partial charge in [-0.25, -0.2) is 4.79 Å². The maximum Gasteiger partial charge on any atom is 0.331 e. The highest BCUT2D eigenvalue weighted by molar-refractivity contribution is 6.08. The SMILES string of the molecule is CC(C(=O)O)=C(C)C(=O)Nc1ccccc1C(C)O. The lowest BCUT2D eigenvalue weighted by molar-refractivity contribution is -0.133. The maximum atomic E-state index is 11.9. The number of benzene rings is 1. The second-order valence-corrected chi connectivity index (χ2v) is 4.27. The lowest BCUT2D eigenvalue weighted by Crippen LogP contribution is -2.17. The van der Waals surface area contributed by atoms with Gasteiger partial charge in [-0.15, -0.1) is 0 Å². The summed E-state index contributed by atoms with van der Waals surface area (Å²) in [6.45, 7) is 4.41. The van der Waals surface area contributed by atoms with E-state index in [2.05, 4.69) is 5.32 Å². The monoisotopic (exact) mass is 263 g/mol. The summed E-state index contributed by atoms with van der Waals surface area (Å²) in [5, 5.41) is 21.0. The van der Waals surface area contributed by atoms with Gasteiger partial charge in [0.15, 0.2) is 0 Å². The van der Waals surface area contributed by atoms with E-state index in [0.29, 0.717) is 11.3 Å². The zero-order chi connectivity index (χ0) is 14.6. The van der Waals surface area contributed by atoms with E-state index in [-0.39, 0.29) is 11.1 Å². The van der Waals surface area contributed by atoms with Crippen molar-refractivity contribution in [1.82, 2.24) is 0 Å². The first kappa shape index (κ1) is 14.9. The molecule has 5 nitrogen and oxygen atoms in total. The average Bonchev–Trinajstić information content (AvgIpc) is 2.37. The highest BCUT2D eigenvalue weighted by Gasteiger charge is 2.15. The molecule has 0 fully saturated rings. The number of anilines is 1. The first-order valence-corrected chi connectivity index (χ1v) is 5.83. The number of carboxylic acid groups (broad SMARTS) is 1. The molecule has 102 valence electrons. The smallest absolute Gasteiger partial charge is 0.331 e. The standard InChI is InChI=1S/C14H17NO4/c1-8(9(2)14(18)19)13(17)15-12-7-5-4-6-11(12)10(3)16/h4-7,10,16H,1-3H3,(H,15,17)(H,18,19). The minimum atomic E-state index is -1.13. The van der Waals surface area contributed by atoms with Gasteiger partial charge >= 0.3 is 5.97 Å². The zero-order valence-electron chi connectivity index (χ0n) is 11.1. The van der Waals surface area contributed by atoms with Gasteiger partial charge in [0.05, 0.1) is 6.10 Å². The molecule has 0 spiro atoms. The summed E-state index contributed by atoms with van der Waals surface area (Å²) in [5.41, 5.74) is 1.18. The van der Waals surface area contributed by atoms with E-state index in [0.717, 1.165) is 0 Å². The summed E-state index contributed by atoms with van der Waals surface area (Å²) in [6, 6.07) is 6.83. The molecule has 1 rings (SSSR count). The molecular weight excluding hydrogens is 246 g/mol. The number of rotatable bonds is 4. The first-order chi connectivity index (χ1) is 8.84. The summed E-state index contributed by atoms with van der Waals surface area (Å²) >= 11 is 0. The fourth-order valence-corrected chi connectivity index (χ4v) is 1.52. The minimum absolute atomic E-state index is 0.00738. The zero-order valence-corrected chi connectivity index (χ0v) is 11.1. The molecule has 0 radical (unpaired) electrons. The van der Waals surface area contributed by atoms with Crippen LogP contribution in [0.2, 0.25) is 0 Å². The Morgan fingerprint density at radius 3 is 2.26 bits per heavy atom. The largest absolute Gasteiger partial charge is 0.478 e. The third-order valence-corrected chi connectivity index (χ3v) is 2.88. The van der Waals surface area contributed by atoms with Crippen LogP contribution in [0.5, 0.6) is 0 Å². The molecule has 0 aliphatic heterocycles. The number of hydrogen-bond acceptors (Lipinski definition) is 3. The lowest BCUT2D eigenvalue weighted by atomic mass is 10.1. The molecule has 1 unspecified atom stereocenters. The number of aliphatic carboxylic acids is 1. The van der Waals surface area contributed by atoms with Crippen molar-refractivity contribution in [2.45, 2.75) is 26.9 Å². The van der Waals surface area contributed by atoms with Crippen molar-refractivity contribution in [3.63, 3.8) is 0 Å². The third kappa shape index (κ3) is 3.66. The van der Waals surface area contributed by atoms with Crippen LogP contribution in [-0.4, -0.2) is 22.1 Å².